The minimum absolute atomic E-state index is 0.957. The number of benzene rings is 1. The number of aryl methyl sites for hydroxylation is 1. The molecule has 0 radical (unpaired) electrons. The fourth-order valence-electron chi connectivity index (χ4n) is 1.04. The van der Waals surface area contributed by atoms with Crippen molar-refractivity contribution in [2.24, 2.45) is 0 Å². The van der Waals surface area contributed by atoms with E-state index in [1.165, 1.54) is 11.1 Å². The van der Waals surface area contributed by atoms with Crippen molar-refractivity contribution in [3.63, 3.8) is 0 Å². The maximum absolute atomic E-state index is 3.71. The third-order valence-corrected chi connectivity index (χ3v) is 2.16. The van der Waals surface area contributed by atoms with Crippen LogP contribution in [0.15, 0.2) is 35.3 Å². The molecule has 0 bridgehead atoms. The predicted octanol–water partition coefficient (Wildman–Crippen LogP) is 3.49. The van der Waals surface area contributed by atoms with E-state index in [4.69, 9.17) is 0 Å². The summed E-state index contributed by atoms with van der Waals surface area (Å²) in [4.78, 5) is 0. The average molecular weight is 211 g/mol. The van der Waals surface area contributed by atoms with E-state index in [9.17, 15) is 0 Å². The van der Waals surface area contributed by atoms with Crippen LogP contribution < -0.4 is 0 Å². The summed E-state index contributed by atoms with van der Waals surface area (Å²) in [5.41, 5.74) is 2.67. The van der Waals surface area contributed by atoms with Gasteiger partial charge in [-0.05, 0) is 36.6 Å². The molecule has 0 aliphatic rings. The van der Waals surface area contributed by atoms with E-state index >= 15 is 0 Å². The van der Waals surface area contributed by atoms with E-state index in [-0.39, 0.29) is 0 Å². The Balaban J connectivity index is 2.98. The quantitative estimate of drug-likeness (QED) is 0.657. The highest BCUT2D eigenvalue weighted by Gasteiger charge is 1.95. The third-order valence-electron chi connectivity index (χ3n) is 1.67. The summed E-state index contributed by atoms with van der Waals surface area (Å²) in [7, 11) is 0. The Morgan fingerprint density at radius 3 is 2.82 bits per heavy atom. The second kappa shape index (κ2) is 3.72. The van der Waals surface area contributed by atoms with Gasteiger partial charge >= 0.3 is 0 Å². The number of allylic oxidation sites excluding steroid dienone is 1. The molecule has 0 saturated heterocycles. The minimum atomic E-state index is 0.957. The normalized spacial score (nSPS) is 9.64. The summed E-state index contributed by atoms with van der Waals surface area (Å²) in [5, 5.41) is 0. The van der Waals surface area contributed by atoms with Crippen molar-refractivity contribution in [3.05, 3.63) is 46.5 Å². The average Bonchev–Trinajstić information content (AvgIpc) is 1.95. The molecular weight excluding hydrogens is 200 g/mol. The van der Waals surface area contributed by atoms with Gasteiger partial charge in [0.1, 0.15) is 0 Å². The molecule has 0 aliphatic heterocycles. The van der Waals surface area contributed by atoms with Gasteiger partial charge in [-0.2, -0.15) is 0 Å². The Hall–Kier alpha value is -0.560. The van der Waals surface area contributed by atoms with Gasteiger partial charge in [0.15, 0.2) is 0 Å². The van der Waals surface area contributed by atoms with Gasteiger partial charge in [0.2, 0.25) is 0 Å². The summed E-state index contributed by atoms with van der Waals surface area (Å²) in [6.07, 6.45) is 2.88. The summed E-state index contributed by atoms with van der Waals surface area (Å²) in [6.45, 7) is 5.82. The smallest absolute Gasteiger partial charge is 0.0178 e. The standard InChI is InChI=1S/C10H11Br/c1-3-4-9-5-6-10(11)7-8(9)2/h3,5-7H,1,4H2,2H3. The second-order valence-corrected chi connectivity index (χ2v) is 3.48. The first-order valence-corrected chi connectivity index (χ1v) is 4.39. The van der Waals surface area contributed by atoms with E-state index < -0.39 is 0 Å². The van der Waals surface area contributed by atoms with Gasteiger partial charge < -0.3 is 0 Å². The number of hydrogen-bond donors (Lipinski definition) is 0. The molecule has 1 rings (SSSR count). The fraction of sp³-hybridized carbons (Fsp3) is 0.200. The predicted molar refractivity (Wildman–Crippen MR) is 52.8 cm³/mol. The zero-order chi connectivity index (χ0) is 8.27. The van der Waals surface area contributed by atoms with Gasteiger partial charge in [0.25, 0.3) is 0 Å². The van der Waals surface area contributed by atoms with Crippen molar-refractivity contribution in [2.45, 2.75) is 13.3 Å². The lowest BCUT2D eigenvalue weighted by Crippen LogP contribution is -1.85. The molecule has 0 nitrogen and oxygen atoms in total. The summed E-state index contributed by atoms with van der Waals surface area (Å²) < 4.78 is 1.14. The minimum Gasteiger partial charge on any atom is -0.103 e. The first-order valence-electron chi connectivity index (χ1n) is 3.60. The highest BCUT2D eigenvalue weighted by atomic mass is 79.9. The Kier molecular flexibility index (Phi) is 2.89. The molecule has 0 aliphatic carbocycles. The SMILES string of the molecule is C=CCc1ccc(Br)cc1C. The molecule has 11 heavy (non-hydrogen) atoms. The summed E-state index contributed by atoms with van der Waals surface area (Å²) in [5.74, 6) is 0. The lowest BCUT2D eigenvalue weighted by molar-refractivity contribution is 1.21. The number of hydrogen-bond acceptors (Lipinski definition) is 0. The molecule has 0 fully saturated rings. The highest BCUT2D eigenvalue weighted by Crippen LogP contribution is 2.16. The molecule has 58 valence electrons. The highest BCUT2D eigenvalue weighted by molar-refractivity contribution is 9.10. The van der Waals surface area contributed by atoms with E-state index in [2.05, 4.69) is 47.6 Å². The molecule has 0 aromatic heterocycles. The Labute approximate surface area is 76.1 Å². The van der Waals surface area contributed by atoms with Crippen LogP contribution in [0.4, 0.5) is 0 Å². The monoisotopic (exact) mass is 210 g/mol. The van der Waals surface area contributed by atoms with Crippen LogP contribution in [-0.2, 0) is 6.42 Å². The van der Waals surface area contributed by atoms with Crippen molar-refractivity contribution in [3.8, 4) is 0 Å². The largest absolute Gasteiger partial charge is 0.103 e. The molecule has 0 unspecified atom stereocenters. The van der Waals surface area contributed by atoms with Crippen LogP contribution in [0.2, 0.25) is 0 Å². The first kappa shape index (κ1) is 8.54. The molecule has 0 spiro atoms. The molecule has 1 aromatic rings. The third kappa shape index (κ3) is 2.19. The molecule has 0 N–H and O–H groups in total. The Morgan fingerprint density at radius 2 is 2.27 bits per heavy atom. The maximum Gasteiger partial charge on any atom is 0.0178 e. The molecular formula is C10H11Br. The van der Waals surface area contributed by atoms with Crippen LogP contribution in [0.5, 0.6) is 0 Å². The molecule has 1 aromatic carbocycles. The van der Waals surface area contributed by atoms with Crippen molar-refractivity contribution in [2.75, 3.05) is 0 Å². The number of halogens is 1. The van der Waals surface area contributed by atoms with Crippen molar-refractivity contribution < 1.29 is 0 Å². The molecule has 0 atom stereocenters. The first-order chi connectivity index (χ1) is 5.24. The van der Waals surface area contributed by atoms with Crippen LogP contribution in [0.25, 0.3) is 0 Å². The van der Waals surface area contributed by atoms with Crippen LogP contribution >= 0.6 is 15.9 Å². The zero-order valence-corrected chi connectivity index (χ0v) is 8.19. The van der Waals surface area contributed by atoms with E-state index in [1.54, 1.807) is 0 Å². The van der Waals surface area contributed by atoms with Crippen molar-refractivity contribution in [1.82, 2.24) is 0 Å². The fourth-order valence-corrected chi connectivity index (χ4v) is 1.52. The summed E-state index contributed by atoms with van der Waals surface area (Å²) >= 11 is 3.42. The lowest BCUT2D eigenvalue weighted by atomic mass is 10.1. The van der Waals surface area contributed by atoms with Gasteiger partial charge in [-0.25, -0.2) is 0 Å². The molecule has 0 amide bonds. The van der Waals surface area contributed by atoms with Crippen molar-refractivity contribution in [1.29, 1.82) is 0 Å². The maximum atomic E-state index is 3.71. The van der Waals surface area contributed by atoms with Crippen molar-refractivity contribution >= 4 is 15.9 Å². The molecule has 0 saturated carbocycles. The van der Waals surface area contributed by atoms with Gasteiger partial charge in [0.05, 0.1) is 0 Å². The topological polar surface area (TPSA) is 0 Å². The Morgan fingerprint density at radius 1 is 1.55 bits per heavy atom. The molecule has 0 heterocycles. The number of rotatable bonds is 2. The van der Waals surface area contributed by atoms with E-state index in [0.717, 1.165) is 10.9 Å². The van der Waals surface area contributed by atoms with Crippen LogP contribution in [0, 0.1) is 6.92 Å². The summed E-state index contributed by atoms with van der Waals surface area (Å²) in [6, 6.07) is 6.31. The van der Waals surface area contributed by atoms with Crippen LogP contribution in [0.1, 0.15) is 11.1 Å². The zero-order valence-electron chi connectivity index (χ0n) is 6.60. The van der Waals surface area contributed by atoms with Gasteiger partial charge in [-0.3, -0.25) is 0 Å². The van der Waals surface area contributed by atoms with Gasteiger partial charge in [-0.1, -0.05) is 28.1 Å². The second-order valence-electron chi connectivity index (χ2n) is 2.56. The Bertz CT molecular complexity index is 264. The van der Waals surface area contributed by atoms with E-state index in [1.807, 2.05) is 6.08 Å². The van der Waals surface area contributed by atoms with Gasteiger partial charge in [0, 0.05) is 4.47 Å². The lowest BCUT2D eigenvalue weighted by Gasteiger charge is -2.01. The van der Waals surface area contributed by atoms with Gasteiger partial charge in [-0.15, -0.1) is 6.58 Å². The molecule has 1 heteroatoms. The van der Waals surface area contributed by atoms with Crippen LogP contribution in [0.3, 0.4) is 0 Å². The van der Waals surface area contributed by atoms with Crippen LogP contribution in [-0.4, -0.2) is 0 Å². The van der Waals surface area contributed by atoms with E-state index in [0.29, 0.717) is 0 Å².